The van der Waals surface area contributed by atoms with Crippen molar-refractivity contribution in [2.75, 3.05) is 45.9 Å². The summed E-state index contributed by atoms with van der Waals surface area (Å²) in [7, 11) is 0. The fourth-order valence-corrected chi connectivity index (χ4v) is 4.87. The number of aliphatic imine (C=N–C) groups is 1. The number of guanidine groups is 1. The van der Waals surface area contributed by atoms with Crippen LogP contribution in [0.5, 0.6) is 0 Å². The van der Waals surface area contributed by atoms with E-state index in [2.05, 4.69) is 41.3 Å². The fraction of sp³-hybridized carbons (Fsp3) is 0.800. The number of hydrogen-bond acceptors (Lipinski definition) is 5. The maximum atomic E-state index is 5.51. The van der Waals surface area contributed by atoms with E-state index in [9.17, 15) is 0 Å². The summed E-state index contributed by atoms with van der Waals surface area (Å²) >= 11 is 1.79. The van der Waals surface area contributed by atoms with Gasteiger partial charge in [0.1, 0.15) is 0 Å². The molecular formula is C20H36IN5OS. The molecule has 3 rings (SSSR count). The summed E-state index contributed by atoms with van der Waals surface area (Å²) in [6.45, 7) is 13.4. The molecular weight excluding hydrogens is 485 g/mol. The Labute approximate surface area is 190 Å². The van der Waals surface area contributed by atoms with E-state index in [1.165, 1.54) is 43.8 Å². The predicted octanol–water partition coefficient (Wildman–Crippen LogP) is 2.98. The first-order chi connectivity index (χ1) is 13.1. The van der Waals surface area contributed by atoms with Gasteiger partial charge in [0.15, 0.2) is 5.96 Å². The minimum Gasteiger partial charge on any atom is -0.381 e. The highest BCUT2D eigenvalue weighted by Crippen LogP contribution is 2.18. The monoisotopic (exact) mass is 521 g/mol. The third-order valence-corrected chi connectivity index (χ3v) is 6.55. The molecule has 0 bridgehead atoms. The predicted molar refractivity (Wildman–Crippen MR) is 128 cm³/mol. The van der Waals surface area contributed by atoms with Crippen LogP contribution in [0.1, 0.15) is 41.8 Å². The van der Waals surface area contributed by atoms with Gasteiger partial charge in [-0.3, -0.25) is 4.99 Å². The van der Waals surface area contributed by atoms with Gasteiger partial charge in [-0.2, -0.15) is 0 Å². The zero-order chi connectivity index (χ0) is 19.1. The third kappa shape index (κ3) is 7.42. The minimum atomic E-state index is 0. The van der Waals surface area contributed by atoms with Gasteiger partial charge in [0.25, 0.3) is 0 Å². The van der Waals surface area contributed by atoms with Crippen LogP contribution in [-0.2, 0) is 11.2 Å². The number of piperidine rings is 1. The van der Waals surface area contributed by atoms with E-state index in [1.807, 2.05) is 0 Å². The molecule has 3 heterocycles. The number of thiazole rings is 1. The number of ether oxygens (including phenoxy) is 1. The summed E-state index contributed by atoms with van der Waals surface area (Å²) < 4.78 is 5.51. The van der Waals surface area contributed by atoms with E-state index in [0.717, 1.165) is 55.3 Å². The summed E-state index contributed by atoms with van der Waals surface area (Å²) in [6, 6.07) is 0.520. The number of nitrogens with zero attached hydrogens (tertiary/aromatic N) is 3. The summed E-state index contributed by atoms with van der Waals surface area (Å²) in [5.74, 6) is 1.70. The largest absolute Gasteiger partial charge is 0.381 e. The summed E-state index contributed by atoms with van der Waals surface area (Å²) in [5.41, 5.74) is 1.16. The van der Waals surface area contributed by atoms with Crippen molar-refractivity contribution in [2.24, 2.45) is 10.9 Å². The molecule has 2 fully saturated rings. The second kappa shape index (κ2) is 12.3. The van der Waals surface area contributed by atoms with Crippen LogP contribution in [0.4, 0.5) is 0 Å². The molecule has 0 spiro atoms. The lowest BCUT2D eigenvalue weighted by Gasteiger charge is -2.34. The van der Waals surface area contributed by atoms with E-state index >= 15 is 0 Å². The number of rotatable bonds is 7. The van der Waals surface area contributed by atoms with E-state index < -0.39 is 0 Å². The standard InChI is InChI=1S/C20H35N5OS.HI/c1-4-21-20(22-9-5-19-15(2)23-16(3)27-19)24-18-6-10-25(11-7-18)13-17-8-12-26-14-17;/h17-18H,4-14H2,1-3H3,(H2,21,22,24);1H. The fourth-order valence-electron chi connectivity index (χ4n) is 3.94. The van der Waals surface area contributed by atoms with Crippen LogP contribution >= 0.6 is 35.3 Å². The number of aromatic nitrogens is 1. The number of halogens is 1. The van der Waals surface area contributed by atoms with E-state index in [4.69, 9.17) is 9.73 Å². The van der Waals surface area contributed by atoms with Crippen molar-refractivity contribution >= 4 is 41.3 Å². The van der Waals surface area contributed by atoms with Crippen LogP contribution in [0.15, 0.2) is 4.99 Å². The molecule has 2 saturated heterocycles. The van der Waals surface area contributed by atoms with Crippen LogP contribution in [0.2, 0.25) is 0 Å². The number of nitrogens with one attached hydrogen (secondary N) is 2. The molecule has 2 N–H and O–H groups in total. The molecule has 1 atom stereocenters. The maximum Gasteiger partial charge on any atom is 0.191 e. The molecule has 160 valence electrons. The molecule has 1 aromatic rings. The molecule has 2 aliphatic rings. The Morgan fingerprint density at radius 2 is 2.07 bits per heavy atom. The molecule has 8 heteroatoms. The van der Waals surface area contributed by atoms with Crippen LogP contribution in [-0.4, -0.2) is 67.8 Å². The molecule has 0 amide bonds. The van der Waals surface area contributed by atoms with Gasteiger partial charge >= 0.3 is 0 Å². The van der Waals surface area contributed by atoms with Crippen molar-refractivity contribution in [3.63, 3.8) is 0 Å². The first kappa shape index (κ1) is 23.8. The Bertz CT molecular complexity index is 610. The Kier molecular flexibility index (Phi) is 10.5. The van der Waals surface area contributed by atoms with E-state index in [-0.39, 0.29) is 24.0 Å². The highest BCUT2D eigenvalue weighted by molar-refractivity contribution is 14.0. The topological polar surface area (TPSA) is 61.8 Å². The van der Waals surface area contributed by atoms with Crippen LogP contribution in [0.25, 0.3) is 0 Å². The Morgan fingerprint density at radius 3 is 2.68 bits per heavy atom. The first-order valence-electron chi connectivity index (χ1n) is 10.4. The zero-order valence-corrected chi connectivity index (χ0v) is 20.6. The van der Waals surface area contributed by atoms with Gasteiger partial charge in [0.05, 0.1) is 17.3 Å². The average Bonchev–Trinajstić information content (AvgIpc) is 3.26. The number of aryl methyl sites for hydroxylation is 2. The number of likely N-dealkylation sites (tertiary alicyclic amines) is 1. The Hall–Kier alpha value is -0.450. The average molecular weight is 522 g/mol. The second-order valence-electron chi connectivity index (χ2n) is 7.70. The zero-order valence-electron chi connectivity index (χ0n) is 17.5. The van der Waals surface area contributed by atoms with E-state index in [0.29, 0.717) is 6.04 Å². The molecule has 2 aliphatic heterocycles. The van der Waals surface area contributed by atoms with Crippen molar-refractivity contribution in [3.8, 4) is 0 Å². The van der Waals surface area contributed by atoms with E-state index in [1.54, 1.807) is 11.3 Å². The van der Waals surface area contributed by atoms with Gasteiger partial charge in [-0.1, -0.05) is 0 Å². The van der Waals surface area contributed by atoms with Gasteiger partial charge in [-0.25, -0.2) is 4.98 Å². The van der Waals surface area contributed by atoms with Crippen molar-refractivity contribution in [1.29, 1.82) is 0 Å². The minimum absolute atomic E-state index is 0. The van der Waals surface area contributed by atoms with Crippen LogP contribution in [0, 0.1) is 19.8 Å². The quantitative estimate of drug-likeness (QED) is 0.328. The van der Waals surface area contributed by atoms with Crippen LogP contribution < -0.4 is 10.6 Å². The highest BCUT2D eigenvalue weighted by Gasteiger charge is 2.24. The lowest BCUT2D eigenvalue weighted by atomic mass is 10.0. The molecule has 0 saturated carbocycles. The van der Waals surface area contributed by atoms with Crippen LogP contribution in [0.3, 0.4) is 0 Å². The summed E-state index contributed by atoms with van der Waals surface area (Å²) in [5, 5.41) is 8.20. The molecule has 6 nitrogen and oxygen atoms in total. The lowest BCUT2D eigenvalue weighted by Crippen LogP contribution is -2.49. The molecule has 1 unspecified atom stereocenters. The Morgan fingerprint density at radius 1 is 1.29 bits per heavy atom. The lowest BCUT2D eigenvalue weighted by molar-refractivity contribution is 0.150. The smallest absolute Gasteiger partial charge is 0.191 e. The molecule has 0 aromatic carbocycles. The highest BCUT2D eigenvalue weighted by atomic mass is 127. The normalized spacial score (nSPS) is 21.5. The molecule has 28 heavy (non-hydrogen) atoms. The van der Waals surface area contributed by atoms with Crippen molar-refractivity contribution in [3.05, 3.63) is 15.6 Å². The second-order valence-corrected chi connectivity index (χ2v) is 8.99. The summed E-state index contributed by atoms with van der Waals surface area (Å²) in [6.07, 6.45) is 4.57. The molecule has 0 radical (unpaired) electrons. The molecule has 0 aliphatic carbocycles. The van der Waals surface area contributed by atoms with Gasteiger partial charge in [-0.05, 0) is 46.0 Å². The van der Waals surface area contributed by atoms with Gasteiger partial charge < -0.3 is 20.3 Å². The maximum absolute atomic E-state index is 5.51. The van der Waals surface area contributed by atoms with Crippen molar-refractivity contribution in [2.45, 2.75) is 52.5 Å². The first-order valence-corrected chi connectivity index (χ1v) is 11.2. The Balaban J connectivity index is 0.00000280. The van der Waals surface area contributed by atoms with Crippen molar-refractivity contribution in [1.82, 2.24) is 20.5 Å². The summed E-state index contributed by atoms with van der Waals surface area (Å²) in [4.78, 5) is 13.3. The van der Waals surface area contributed by atoms with Crippen molar-refractivity contribution < 1.29 is 4.74 Å². The third-order valence-electron chi connectivity index (χ3n) is 5.42. The van der Waals surface area contributed by atoms with Gasteiger partial charge in [0.2, 0.25) is 0 Å². The number of hydrogen-bond donors (Lipinski definition) is 2. The molecule has 1 aromatic heterocycles. The van der Waals surface area contributed by atoms with Gasteiger partial charge in [0, 0.05) is 56.7 Å². The SMILES string of the molecule is CCNC(=NCCc1sc(C)nc1C)NC1CCN(CC2CCOC2)CC1.I. The van der Waals surface area contributed by atoms with Gasteiger partial charge in [-0.15, -0.1) is 35.3 Å².